The Hall–Kier alpha value is -2.08. The first kappa shape index (κ1) is 15.8. The molecule has 1 aromatic heterocycles. The van der Waals surface area contributed by atoms with Crippen molar-refractivity contribution < 1.29 is 9.53 Å². The number of carbonyl (C=O) groups excluding carboxylic acids is 1. The first-order valence-corrected chi connectivity index (χ1v) is 8.30. The molecule has 0 saturated carbocycles. The molecule has 1 amide bonds. The summed E-state index contributed by atoms with van der Waals surface area (Å²) in [5, 5.41) is 0. The van der Waals surface area contributed by atoms with Gasteiger partial charge in [0, 0.05) is 39.3 Å². The van der Waals surface area contributed by atoms with E-state index in [4.69, 9.17) is 9.72 Å². The molecule has 0 spiro atoms. The van der Waals surface area contributed by atoms with E-state index in [2.05, 4.69) is 15.5 Å². The molecule has 23 heavy (non-hydrogen) atoms. The van der Waals surface area contributed by atoms with Crippen LogP contribution in [0.25, 0.3) is 11.0 Å². The Morgan fingerprint density at radius 2 is 2.09 bits per heavy atom. The van der Waals surface area contributed by atoms with Crippen LogP contribution in [0.5, 0.6) is 0 Å². The number of carbonyl (C=O) groups is 1. The molecule has 124 valence electrons. The molecule has 2 aromatic rings. The van der Waals surface area contributed by atoms with Crippen LogP contribution in [0.2, 0.25) is 0 Å². The zero-order valence-corrected chi connectivity index (χ0v) is 13.6. The Labute approximate surface area is 136 Å². The van der Waals surface area contributed by atoms with Gasteiger partial charge in [-0.2, -0.15) is 0 Å². The van der Waals surface area contributed by atoms with Crippen molar-refractivity contribution >= 4 is 23.4 Å². The summed E-state index contributed by atoms with van der Waals surface area (Å²) in [6.45, 7) is 7.50. The molecule has 1 aliphatic heterocycles. The van der Waals surface area contributed by atoms with Crippen molar-refractivity contribution in [2.45, 2.75) is 19.9 Å². The summed E-state index contributed by atoms with van der Waals surface area (Å²) in [6.07, 6.45) is 1.91. The lowest BCUT2D eigenvalue weighted by molar-refractivity contribution is -0.117. The van der Waals surface area contributed by atoms with E-state index >= 15 is 0 Å². The molecular formula is C17H24N4O2. The second-order valence-electron chi connectivity index (χ2n) is 5.73. The van der Waals surface area contributed by atoms with Gasteiger partial charge in [0.1, 0.15) is 0 Å². The minimum atomic E-state index is 0.679. The molecule has 1 aromatic carbocycles. The van der Waals surface area contributed by atoms with Crippen LogP contribution in [0.3, 0.4) is 0 Å². The summed E-state index contributed by atoms with van der Waals surface area (Å²) in [4.78, 5) is 20.0. The van der Waals surface area contributed by atoms with Crippen LogP contribution in [-0.4, -0.2) is 60.3 Å². The lowest BCUT2D eigenvalue weighted by atomic mass is 10.3. The predicted molar refractivity (Wildman–Crippen MR) is 90.7 cm³/mol. The highest BCUT2D eigenvalue weighted by molar-refractivity contribution is 5.78. The lowest BCUT2D eigenvalue weighted by Gasteiger charge is -2.23. The minimum absolute atomic E-state index is 0.679. The fourth-order valence-corrected chi connectivity index (χ4v) is 3.07. The number of aromatic nitrogens is 2. The number of ether oxygens (including phenoxy) is 1. The van der Waals surface area contributed by atoms with Crippen molar-refractivity contribution in [1.29, 1.82) is 0 Å². The van der Waals surface area contributed by atoms with Crippen LogP contribution < -0.4 is 4.90 Å². The topological polar surface area (TPSA) is 50.6 Å². The number of rotatable bonds is 6. The molecule has 0 unspecified atom stereocenters. The van der Waals surface area contributed by atoms with E-state index in [1.807, 2.05) is 30.0 Å². The summed E-state index contributed by atoms with van der Waals surface area (Å²) in [5.74, 6) is 0.985. The van der Waals surface area contributed by atoms with Crippen molar-refractivity contribution in [3.8, 4) is 0 Å². The van der Waals surface area contributed by atoms with Crippen LogP contribution in [0, 0.1) is 0 Å². The summed E-state index contributed by atoms with van der Waals surface area (Å²) in [7, 11) is 0. The van der Waals surface area contributed by atoms with Crippen LogP contribution in [0.15, 0.2) is 24.3 Å². The minimum Gasteiger partial charge on any atom is -0.380 e. The van der Waals surface area contributed by atoms with Crippen molar-refractivity contribution in [3.05, 3.63) is 24.3 Å². The standard InChI is InChI=1S/C17H24N4O2/c1-2-23-13-12-21-16-7-4-3-6-15(16)18-17(21)20-9-5-8-19(14-22)10-11-20/h3-4,6-7,14H,2,5,8-13H2,1H3. The number of nitrogens with zero attached hydrogens (tertiary/aromatic N) is 4. The molecule has 6 nitrogen and oxygen atoms in total. The van der Waals surface area contributed by atoms with E-state index in [-0.39, 0.29) is 0 Å². The van der Waals surface area contributed by atoms with Gasteiger partial charge in [-0.1, -0.05) is 12.1 Å². The SMILES string of the molecule is CCOCCn1c(N2CCCN(C=O)CC2)nc2ccccc21. The average molecular weight is 316 g/mol. The maximum absolute atomic E-state index is 11.0. The van der Waals surface area contributed by atoms with Gasteiger partial charge in [0.05, 0.1) is 17.6 Å². The van der Waals surface area contributed by atoms with E-state index in [0.717, 1.165) is 69.1 Å². The fraction of sp³-hybridized carbons (Fsp3) is 0.529. The van der Waals surface area contributed by atoms with Crippen LogP contribution in [0.4, 0.5) is 5.95 Å². The van der Waals surface area contributed by atoms with Crippen molar-refractivity contribution in [3.63, 3.8) is 0 Å². The van der Waals surface area contributed by atoms with E-state index in [0.29, 0.717) is 6.61 Å². The molecule has 0 N–H and O–H groups in total. The molecule has 0 aliphatic carbocycles. The van der Waals surface area contributed by atoms with Gasteiger partial charge in [-0.15, -0.1) is 0 Å². The maximum Gasteiger partial charge on any atom is 0.209 e. The molecule has 0 bridgehead atoms. The van der Waals surface area contributed by atoms with Gasteiger partial charge < -0.3 is 19.1 Å². The quantitative estimate of drug-likeness (QED) is 0.602. The van der Waals surface area contributed by atoms with Gasteiger partial charge in [0.2, 0.25) is 12.4 Å². The third kappa shape index (κ3) is 3.47. The highest BCUT2D eigenvalue weighted by Gasteiger charge is 2.20. The molecule has 3 rings (SSSR count). The smallest absolute Gasteiger partial charge is 0.209 e. The Morgan fingerprint density at radius 1 is 1.22 bits per heavy atom. The lowest BCUT2D eigenvalue weighted by Crippen LogP contribution is -2.32. The fourth-order valence-electron chi connectivity index (χ4n) is 3.07. The van der Waals surface area contributed by atoms with Crippen molar-refractivity contribution in [1.82, 2.24) is 14.5 Å². The molecule has 0 atom stereocenters. The van der Waals surface area contributed by atoms with Gasteiger partial charge in [-0.3, -0.25) is 4.79 Å². The molecule has 2 heterocycles. The third-order valence-electron chi connectivity index (χ3n) is 4.26. The molecule has 1 fully saturated rings. The van der Waals surface area contributed by atoms with Crippen LogP contribution >= 0.6 is 0 Å². The number of fused-ring (bicyclic) bond motifs is 1. The van der Waals surface area contributed by atoms with Gasteiger partial charge in [0.25, 0.3) is 0 Å². The Morgan fingerprint density at radius 3 is 2.91 bits per heavy atom. The maximum atomic E-state index is 11.0. The Balaban J connectivity index is 1.88. The van der Waals surface area contributed by atoms with Gasteiger partial charge in [-0.25, -0.2) is 4.98 Å². The van der Waals surface area contributed by atoms with Crippen LogP contribution in [-0.2, 0) is 16.1 Å². The zero-order valence-electron chi connectivity index (χ0n) is 13.6. The average Bonchev–Trinajstić information content (AvgIpc) is 2.78. The third-order valence-corrected chi connectivity index (χ3v) is 4.26. The summed E-state index contributed by atoms with van der Waals surface area (Å²) in [6, 6.07) is 8.21. The highest BCUT2D eigenvalue weighted by Crippen LogP contribution is 2.23. The van der Waals surface area contributed by atoms with Crippen molar-refractivity contribution in [2.75, 3.05) is 44.3 Å². The number of amides is 1. The molecule has 6 heteroatoms. The largest absolute Gasteiger partial charge is 0.380 e. The Kier molecular flexibility index (Phi) is 5.12. The summed E-state index contributed by atoms with van der Waals surface area (Å²) < 4.78 is 7.77. The second kappa shape index (κ2) is 7.46. The number of anilines is 1. The predicted octanol–water partition coefficient (Wildman–Crippen LogP) is 1.74. The van der Waals surface area contributed by atoms with E-state index in [1.165, 1.54) is 0 Å². The molecule has 1 aliphatic rings. The van der Waals surface area contributed by atoms with Gasteiger partial charge >= 0.3 is 0 Å². The van der Waals surface area contributed by atoms with E-state index < -0.39 is 0 Å². The van der Waals surface area contributed by atoms with Crippen molar-refractivity contribution in [2.24, 2.45) is 0 Å². The Bertz CT molecular complexity index is 655. The number of hydrogen-bond acceptors (Lipinski definition) is 4. The number of para-hydroxylation sites is 2. The summed E-state index contributed by atoms with van der Waals surface area (Å²) >= 11 is 0. The second-order valence-corrected chi connectivity index (χ2v) is 5.73. The normalized spacial score (nSPS) is 15.9. The van der Waals surface area contributed by atoms with Gasteiger partial charge in [-0.05, 0) is 25.5 Å². The number of hydrogen-bond donors (Lipinski definition) is 0. The first-order valence-electron chi connectivity index (χ1n) is 8.30. The van der Waals surface area contributed by atoms with E-state index in [1.54, 1.807) is 0 Å². The number of imidazole rings is 1. The molecular weight excluding hydrogens is 292 g/mol. The van der Waals surface area contributed by atoms with E-state index in [9.17, 15) is 4.79 Å². The van der Waals surface area contributed by atoms with Crippen LogP contribution in [0.1, 0.15) is 13.3 Å². The monoisotopic (exact) mass is 316 g/mol. The summed E-state index contributed by atoms with van der Waals surface area (Å²) in [5.41, 5.74) is 2.15. The number of benzene rings is 1. The first-order chi connectivity index (χ1) is 11.3. The molecule has 0 radical (unpaired) electrons. The zero-order chi connectivity index (χ0) is 16.1. The highest BCUT2D eigenvalue weighted by atomic mass is 16.5. The van der Waals surface area contributed by atoms with Gasteiger partial charge in [0.15, 0.2) is 0 Å². The molecule has 1 saturated heterocycles.